The van der Waals surface area contributed by atoms with E-state index in [1.165, 1.54) is 10.5 Å². The molecule has 0 radical (unpaired) electrons. The van der Waals surface area contributed by atoms with Crippen LogP contribution in [0.5, 0.6) is 0 Å². The van der Waals surface area contributed by atoms with Crippen LogP contribution in [0.3, 0.4) is 0 Å². The molecule has 122 valence electrons. The van der Waals surface area contributed by atoms with Crippen LogP contribution in [0.2, 0.25) is 0 Å². The Morgan fingerprint density at radius 3 is 2.62 bits per heavy atom. The molecule has 1 heterocycles. The molecule has 1 N–H and O–H groups in total. The van der Waals surface area contributed by atoms with Gasteiger partial charge in [0.2, 0.25) is 10.0 Å². The van der Waals surface area contributed by atoms with Crippen molar-refractivity contribution in [3.05, 3.63) is 12.4 Å². The van der Waals surface area contributed by atoms with Gasteiger partial charge in [-0.1, -0.05) is 20.8 Å². The molecule has 0 saturated carbocycles. The van der Waals surface area contributed by atoms with Gasteiger partial charge in [0.25, 0.3) is 0 Å². The maximum Gasteiger partial charge on any atom is 0.246 e. The van der Waals surface area contributed by atoms with E-state index in [0.717, 1.165) is 19.4 Å². The van der Waals surface area contributed by atoms with Crippen molar-refractivity contribution in [2.75, 3.05) is 13.6 Å². The standard InChI is InChI=1S/C14H28N4O2S/c1-6-13(4)17(5)21(19,20)14-10-16-18(11-14)9-7-8-15-12(2)3/h10-13,15H,6-9H2,1-5H3. The van der Waals surface area contributed by atoms with Crippen molar-refractivity contribution >= 4 is 10.0 Å². The van der Waals surface area contributed by atoms with E-state index in [2.05, 4.69) is 24.3 Å². The smallest absolute Gasteiger partial charge is 0.246 e. The van der Waals surface area contributed by atoms with E-state index in [1.807, 2.05) is 13.8 Å². The Balaban J connectivity index is 2.65. The second-order valence-electron chi connectivity index (χ2n) is 5.68. The Kier molecular flexibility index (Phi) is 6.83. The number of hydrogen-bond donors (Lipinski definition) is 1. The van der Waals surface area contributed by atoms with Gasteiger partial charge >= 0.3 is 0 Å². The highest BCUT2D eigenvalue weighted by Gasteiger charge is 2.25. The zero-order valence-electron chi connectivity index (χ0n) is 13.7. The molecule has 1 unspecified atom stereocenters. The van der Waals surface area contributed by atoms with Crippen molar-refractivity contribution in [2.45, 2.75) is 64.1 Å². The lowest BCUT2D eigenvalue weighted by Gasteiger charge is -2.22. The molecule has 0 saturated heterocycles. The van der Waals surface area contributed by atoms with E-state index >= 15 is 0 Å². The topological polar surface area (TPSA) is 67.2 Å². The number of nitrogens with zero attached hydrogens (tertiary/aromatic N) is 3. The Bertz CT molecular complexity index is 525. The first-order valence-corrected chi connectivity index (χ1v) is 8.97. The molecule has 0 bridgehead atoms. The van der Waals surface area contributed by atoms with E-state index in [9.17, 15) is 8.42 Å². The van der Waals surface area contributed by atoms with Crippen LogP contribution in [0.4, 0.5) is 0 Å². The van der Waals surface area contributed by atoms with Crippen molar-refractivity contribution in [3.63, 3.8) is 0 Å². The number of rotatable bonds is 9. The van der Waals surface area contributed by atoms with Crippen LogP contribution in [-0.2, 0) is 16.6 Å². The molecule has 0 spiro atoms. The lowest BCUT2D eigenvalue weighted by molar-refractivity contribution is 0.380. The van der Waals surface area contributed by atoms with Crippen molar-refractivity contribution in [1.82, 2.24) is 19.4 Å². The summed E-state index contributed by atoms with van der Waals surface area (Å²) in [5, 5.41) is 7.48. The van der Waals surface area contributed by atoms with Crippen LogP contribution in [-0.4, -0.2) is 48.2 Å². The Labute approximate surface area is 128 Å². The summed E-state index contributed by atoms with van der Waals surface area (Å²) < 4.78 is 28.0. The van der Waals surface area contributed by atoms with Gasteiger partial charge in [0.1, 0.15) is 4.90 Å². The highest BCUT2D eigenvalue weighted by molar-refractivity contribution is 7.89. The largest absolute Gasteiger partial charge is 0.314 e. The summed E-state index contributed by atoms with van der Waals surface area (Å²) in [7, 11) is -1.82. The summed E-state index contributed by atoms with van der Waals surface area (Å²) in [6, 6.07) is 0.441. The molecule has 21 heavy (non-hydrogen) atoms. The van der Waals surface area contributed by atoms with Crippen molar-refractivity contribution in [2.24, 2.45) is 0 Å². The lowest BCUT2D eigenvalue weighted by atomic mass is 10.3. The van der Waals surface area contributed by atoms with Gasteiger partial charge < -0.3 is 5.32 Å². The van der Waals surface area contributed by atoms with E-state index in [-0.39, 0.29) is 10.9 Å². The first-order chi connectivity index (χ1) is 9.78. The molecule has 0 aromatic carbocycles. The molecule has 0 fully saturated rings. The Hall–Kier alpha value is -0.920. The van der Waals surface area contributed by atoms with Crippen molar-refractivity contribution < 1.29 is 8.42 Å². The summed E-state index contributed by atoms with van der Waals surface area (Å²) in [6.45, 7) is 9.68. The van der Waals surface area contributed by atoms with Gasteiger partial charge in [-0.15, -0.1) is 0 Å². The van der Waals surface area contributed by atoms with Crippen LogP contribution in [0.15, 0.2) is 17.3 Å². The van der Waals surface area contributed by atoms with Gasteiger partial charge in [-0.2, -0.15) is 9.40 Å². The zero-order chi connectivity index (χ0) is 16.0. The fraction of sp³-hybridized carbons (Fsp3) is 0.786. The van der Waals surface area contributed by atoms with Crippen molar-refractivity contribution in [3.8, 4) is 0 Å². The van der Waals surface area contributed by atoms with Crippen LogP contribution in [0.1, 0.15) is 40.5 Å². The summed E-state index contributed by atoms with van der Waals surface area (Å²) in [4.78, 5) is 0.266. The van der Waals surface area contributed by atoms with Crippen LogP contribution < -0.4 is 5.32 Å². The number of aryl methyl sites for hydroxylation is 1. The molecular formula is C14H28N4O2S. The molecule has 6 nitrogen and oxygen atoms in total. The molecular weight excluding hydrogens is 288 g/mol. The average Bonchev–Trinajstić information content (AvgIpc) is 2.91. The number of aromatic nitrogens is 2. The normalized spacial score (nSPS) is 14.0. The average molecular weight is 316 g/mol. The molecule has 1 aromatic heterocycles. The minimum Gasteiger partial charge on any atom is -0.314 e. The SMILES string of the molecule is CCC(C)N(C)S(=O)(=O)c1cnn(CCCNC(C)C)c1. The van der Waals surface area contributed by atoms with Crippen LogP contribution >= 0.6 is 0 Å². The van der Waals surface area contributed by atoms with E-state index in [0.29, 0.717) is 12.6 Å². The van der Waals surface area contributed by atoms with E-state index < -0.39 is 10.0 Å². The van der Waals surface area contributed by atoms with Gasteiger partial charge in [0, 0.05) is 31.9 Å². The Morgan fingerprint density at radius 1 is 1.38 bits per heavy atom. The fourth-order valence-electron chi connectivity index (χ4n) is 1.89. The third-order valence-corrected chi connectivity index (χ3v) is 5.54. The molecule has 0 aliphatic carbocycles. The quantitative estimate of drug-likeness (QED) is 0.704. The van der Waals surface area contributed by atoms with Crippen LogP contribution in [0, 0.1) is 0 Å². The first kappa shape index (κ1) is 18.1. The second kappa shape index (κ2) is 7.91. The first-order valence-electron chi connectivity index (χ1n) is 7.53. The molecule has 1 atom stereocenters. The highest BCUT2D eigenvalue weighted by Crippen LogP contribution is 2.17. The van der Waals surface area contributed by atoms with Gasteiger partial charge in [0.15, 0.2) is 0 Å². The van der Waals surface area contributed by atoms with Gasteiger partial charge in [-0.25, -0.2) is 8.42 Å². The molecule has 0 aliphatic heterocycles. The minimum absolute atomic E-state index is 0.0198. The number of nitrogens with one attached hydrogen (secondary N) is 1. The summed E-state index contributed by atoms with van der Waals surface area (Å²) in [6.07, 6.45) is 4.75. The molecule has 0 amide bonds. The summed E-state index contributed by atoms with van der Waals surface area (Å²) in [5.74, 6) is 0. The molecule has 0 aliphatic rings. The minimum atomic E-state index is -3.44. The lowest BCUT2D eigenvalue weighted by Crippen LogP contribution is -2.34. The van der Waals surface area contributed by atoms with Gasteiger partial charge in [-0.05, 0) is 26.3 Å². The van der Waals surface area contributed by atoms with E-state index in [1.54, 1.807) is 17.9 Å². The molecule has 1 aromatic rings. The van der Waals surface area contributed by atoms with Crippen molar-refractivity contribution in [1.29, 1.82) is 0 Å². The van der Waals surface area contributed by atoms with Gasteiger partial charge in [-0.3, -0.25) is 4.68 Å². The predicted octanol–water partition coefficient (Wildman–Crippen LogP) is 1.69. The zero-order valence-corrected chi connectivity index (χ0v) is 14.5. The third-order valence-electron chi connectivity index (χ3n) is 3.61. The summed E-state index contributed by atoms with van der Waals surface area (Å²) in [5.41, 5.74) is 0. The summed E-state index contributed by atoms with van der Waals surface area (Å²) >= 11 is 0. The monoisotopic (exact) mass is 316 g/mol. The molecule has 7 heteroatoms. The number of sulfonamides is 1. The fourth-order valence-corrected chi connectivity index (χ4v) is 3.28. The number of hydrogen-bond acceptors (Lipinski definition) is 4. The maximum absolute atomic E-state index is 12.4. The second-order valence-corrected chi connectivity index (χ2v) is 7.68. The highest BCUT2D eigenvalue weighted by atomic mass is 32.2. The van der Waals surface area contributed by atoms with Crippen LogP contribution in [0.25, 0.3) is 0 Å². The third kappa shape index (κ3) is 5.09. The van der Waals surface area contributed by atoms with Gasteiger partial charge in [0.05, 0.1) is 6.20 Å². The predicted molar refractivity (Wildman–Crippen MR) is 84.7 cm³/mol. The van der Waals surface area contributed by atoms with E-state index in [4.69, 9.17) is 0 Å². The molecule has 1 rings (SSSR count). The Morgan fingerprint density at radius 2 is 2.05 bits per heavy atom. The maximum atomic E-state index is 12.4.